The zero-order valence-corrected chi connectivity index (χ0v) is 13.3. The number of amides is 2. The molecule has 0 atom stereocenters. The van der Waals surface area contributed by atoms with E-state index in [-0.39, 0.29) is 11.8 Å². The summed E-state index contributed by atoms with van der Waals surface area (Å²) >= 11 is 0. The van der Waals surface area contributed by atoms with Gasteiger partial charge in [-0.1, -0.05) is 42.5 Å². The molecule has 0 N–H and O–H groups in total. The van der Waals surface area contributed by atoms with Gasteiger partial charge in [0.15, 0.2) is 0 Å². The molecule has 2 heterocycles. The van der Waals surface area contributed by atoms with Crippen LogP contribution in [-0.2, 0) is 9.59 Å². The first-order valence-corrected chi connectivity index (χ1v) is 7.52. The molecule has 0 radical (unpaired) electrons. The van der Waals surface area contributed by atoms with Crippen molar-refractivity contribution in [3.63, 3.8) is 0 Å². The lowest BCUT2D eigenvalue weighted by molar-refractivity contribution is -0.123. The molecular formula is C19H16N2O2. The molecule has 4 rings (SSSR count). The van der Waals surface area contributed by atoms with Crippen molar-refractivity contribution in [3.05, 3.63) is 64.9 Å². The minimum absolute atomic E-state index is 0.113. The molecule has 0 spiro atoms. The molecule has 2 aliphatic rings. The highest BCUT2D eigenvalue weighted by Crippen LogP contribution is 2.43. The fourth-order valence-corrected chi connectivity index (χ4v) is 3.44. The Morgan fingerprint density at radius 1 is 0.783 bits per heavy atom. The minimum Gasteiger partial charge on any atom is -0.315 e. The number of likely N-dealkylation sites (N-methyl/N-ethyl adjacent to an activating group) is 2. The lowest BCUT2D eigenvalue weighted by atomic mass is 9.98. The van der Waals surface area contributed by atoms with E-state index in [1.807, 2.05) is 49.4 Å². The SMILES string of the molecule is CC1=C2C(=O)N(C)C(c3cccc4ccccc34)=C2C(=O)N1C. The van der Waals surface area contributed by atoms with E-state index in [0.717, 1.165) is 22.0 Å². The molecule has 0 saturated carbocycles. The van der Waals surface area contributed by atoms with Gasteiger partial charge in [0.25, 0.3) is 11.8 Å². The second kappa shape index (κ2) is 4.56. The number of fused-ring (bicyclic) bond motifs is 2. The summed E-state index contributed by atoms with van der Waals surface area (Å²) in [6, 6.07) is 14.0. The standard InChI is InChI=1S/C19H16N2O2/c1-11-15-16(19(23)20(11)2)17(21(3)18(15)22)14-10-6-8-12-7-4-5-9-13(12)14/h4-10H,1-3H3. The maximum Gasteiger partial charge on any atom is 0.260 e. The molecule has 0 aromatic heterocycles. The number of allylic oxidation sites excluding steroid dienone is 1. The van der Waals surface area contributed by atoms with Gasteiger partial charge in [-0.25, -0.2) is 0 Å². The quantitative estimate of drug-likeness (QED) is 0.813. The van der Waals surface area contributed by atoms with Gasteiger partial charge in [-0.2, -0.15) is 0 Å². The van der Waals surface area contributed by atoms with Crippen molar-refractivity contribution < 1.29 is 9.59 Å². The third kappa shape index (κ3) is 1.66. The van der Waals surface area contributed by atoms with Crippen molar-refractivity contribution >= 4 is 28.3 Å². The molecular weight excluding hydrogens is 288 g/mol. The first-order valence-electron chi connectivity index (χ1n) is 7.52. The van der Waals surface area contributed by atoms with Gasteiger partial charge in [-0.3, -0.25) is 9.59 Å². The number of nitrogens with zero attached hydrogens (tertiary/aromatic N) is 2. The lowest BCUT2D eigenvalue weighted by Crippen LogP contribution is -2.24. The van der Waals surface area contributed by atoms with Gasteiger partial charge in [0.1, 0.15) is 0 Å². The Bertz CT molecular complexity index is 948. The van der Waals surface area contributed by atoms with E-state index >= 15 is 0 Å². The highest BCUT2D eigenvalue weighted by atomic mass is 16.2. The van der Waals surface area contributed by atoms with Crippen LogP contribution >= 0.6 is 0 Å². The van der Waals surface area contributed by atoms with Gasteiger partial charge < -0.3 is 9.80 Å². The molecule has 0 saturated heterocycles. The van der Waals surface area contributed by atoms with Crippen LogP contribution in [0.4, 0.5) is 0 Å². The van der Waals surface area contributed by atoms with Crippen LogP contribution in [0.15, 0.2) is 59.3 Å². The molecule has 0 aliphatic carbocycles. The van der Waals surface area contributed by atoms with Crippen molar-refractivity contribution in [2.24, 2.45) is 0 Å². The van der Waals surface area contributed by atoms with Gasteiger partial charge in [0.05, 0.1) is 16.8 Å². The molecule has 2 aromatic rings. The number of carbonyl (C=O) groups is 2. The zero-order valence-electron chi connectivity index (χ0n) is 13.3. The predicted octanol–water partition coefficient (Wildman–Crippen LogP) is 2.77. The van der Waals surface area contributed by atoms with Crippen molar-refractivity contribution in [3.8, 4) is 0 Å². The number of hydrogen-bond donors (Lipinski definition) is 0. The zero-order chi connectivity index (χ0) is 16.3. The number of rotatable bonds is 1. The molecule has 0 bridgehead atoms. The maximum absolute atomic E-state index is 12.7. The monoisotopic (exact) mass is 304 g/mol. The summed E-state index contributed by atoms with van der Waals surface area (Å²) in [4.78, 5) is 28.5. The average Bonchev–Trinajstić information content (AvgIpc) is 2.95. The van der Waals surface area contributed by atoms with Crippen molar-refractivity contribution in [2.45, 2.75) is 6.92 Å². The summed E-state index contributed by atoms with van der Waals surface area (Å²) in [5.74, 6) is -0.226. The predicted molar refractivity (Wildman–Crippen MR) is 89.1 cm³/mol. The summed E-state index contributed by atoms with van der Waals surface area (Å²) in [7, 11) is 3.45. The fourth-order valence-electron chi connectivity index (χ4n) is 3.44. The van der Waals surface area contributed by atoms with Crippen molar-refractivity contribution in [1.82, 2.24) is 9.80 Å². The molecule has 23 heavy (non-hydrogen) atoms. The van der Waals surface area contributed by atoms with Gasteiger partial charge in [0, 0.05) is 25.4 Å². The van der Waals surface area contributed by atoms with Crippen LogP contribution in [0.5, 0.6) is 0 Å². The highest BCUT2D eigenvalue weighted by molar-refractivity contribution is 6.26. The maximum atomic E-state index is 12.7. The Kier molecular flexibility index (Phi) is 2.73. The van der Waals surface area contributed by atoms with Gasteiger partial charge in [0.2, 0.25) is 0 Å². The van der Waals surface area contributed by atoms with Crippen LogP contribution in [0.1, 0.15) is 12.5 Å². The smallest absolute Gasteiger partial charge is 0.260 e. The summed E-state index contributed by atoms with van der Waals surface area (Å²) in [6.07, 6.45) is 0. The van der Waals surface area contributed by atoms with E-state index in [1.54, 1.807) is 23.9 Å². The van der Waals surface area contributed by atoms with Crippen LogP contribution < -0.4 is 0 Å². The van der Waals surface area contributed by atoms with Gasteiger partial charge >= 0.3 is 0 Å². The number of hydrogen-bond acceptors (Lipinski definition) is 2. The normalized spacial score (nSPS) is 17.9. The molecule has 0 unspecified atom stereocenters. The molecule has 2 aliphatic heterocycles. The Hall–Kier alpha value is -2.88. The first-order chi connectivity index (χ1) is 11.0. The average molecular weight is 304 g/mol. The third-order valence-corrected chi connectivity index (χ3v) is 4.77. The van der Waals surface area contributed by atoms with Crippen LogP contribution in [0.25, 0.3) is 16.5 Å². The van der Waals surface area contributed by atoms with Gasteiger partial charge in [-0.05, 0) is 17.7 Å². The molecule has 2 aromatic carbocycles. The summed E-state index contributed by atoms with van der Waals surface area (Å²) in [5.41, 5.74) is 3.39. The molecule has 114 valence electrons. The Morgan fingerprint density at radius 2 is 1.43 bits per heavy atom. The minimum atomic E-state index is -0.113. The molecule has 4 nitrogen and oxygen atoms in total. The first kappa shape index (κ1) is 13.8. The van der Waals surface area contributed by atoms with E-state index in [9.17, 15) is 9.59 Å². The number of carbonyl (C=O) groups excluding carboxylic acids is 2. The van der Waals surface area contributed by atoms with Crippen LogP contribution in [0.2, 0.25) is 0 Å². The van der Waals surface area contributed by atoms with E-state index in [0.29, 0.717) is 16.8 Å². The summed E-state index contributed by atoms with van der Waals surface area (Å²) < 4.78 is 0. The Balaban J connectivity index is 2.08. The van der Waals surface area contributed by atoms with Gasteiger partial charge in [-0.15, -0.1) is 0 Å². The van der Waals surface area contributed by atoms with Crippen molar-refractivity contribution in [1.29, 1.82) is 0 Å². The highest BCUT2D eigenvalue weighted by Gasteiger charge is 2.45. The van der Waals surface area contributed by atoms with E-state index in [4.69, 9.17) is 0 Å². The largest absolute Gasteiger partial charge is 0.315 e. The molecule has 2 amide bonds. The number of benzene rings is 2. The lowest BCUT2D eigenvalue weighted by Gasteiger charge is -2.19. The third-order valence-electron chi connectivity index (χ3n) is 4.77. The van der Waals surface area contributed by atoms with E-state index in [1.165, 1.54) is 0 Å². The Labute approximate surface area is 134 Å². The summed E-state index contributed by atoms with van der Waals surface area (Å²) in [6.45, 7) is 1.82. The second-order valence-corrected chi connectivity index (χ2v) is 5.94. The van der Waals surface area contributed by atoms with Crippen molar-refractivity contribution in [2.75, 3.05) is 14.1 Å². The van der Waals surface area contributed by atoms with E-state index < -0.39 is 0 Å². The van der Waals surface area contributed by atoms with Crippen LogP contribution in [0.3, 0.4) is 0 Å². The fraction of sp³-hybridized carbons (Fsp3) is 0.158. The Morgan fingerprint density at radius 3 is 2.22 bits per heavy atom. The second-order valence-electron chi connectivity index (χ2n) is 5.94. The molecule has 0 fully saturated rings. The molecule has 4 heteroatoms. The van der Waals surface area contributed by atoms with Crippen LogP contribution in [-0.4, -0.2) is 35.7 Å². The van der Waals surface area contributed by atoms with E-state index in [2.05, 4.69) is 0 Å². The topological polar surface area (TPSA) is 40.6 Å². The summed E-state index contributed by atoms with van der Waals surface area (Å²) in [5, 5.41) is 2.13. The van der Waals surface area contributed by atoms with Crippen LogP contribution in [0, 0.1) is 0 Å².